The highest BCUT2D eigenvalue weighted by Gasteiger charge is 2.10. The van der Waals surface area contributed by atoms with E-state index in [9.17, 15) is 0 Å². The van der Waals surface area contributed by atoms with Crippen LogP contribution in [0.3, 0.4) is 0 Å². The highest BCUT2D eigenvalue weighted by molar-refractivity contribution is 7.71. The van der Waals surface area contributed by atoms with Crippen molar-refractivity contribution < 1.29 is 0 Å². The van der Waals surface area contributed by atoms with Crippen molar-refractivity contribution in [3.05, 3.63) is 52.4 Å². The first kappa shape index (κ1) is 12.0. The zero-order chi connectivity index (χ0) is 13.4. The zero-order valence-electron chi connectivity index (χ0n) is 10.8. The number of aromatic nitrogens is 3. The van der Waals surface area contributed by atoms with Crippen LogP contribution in [0.5, 0.6) is 0 Å². The van der Waals surface area contributed by atoms with E-state index >= 15 is 0 Å². The topological polar surface area (TPSA) is 41.6 Å². The van der Waals surface area contributed by atoms with Gasteiger partial charge in [-0.15, -0.1) is 0 Å². The van der Waals surface area contributed by atoms with Gasteiger partial charge in [0.2, 0.25) is 0 Å². The van der Waals surface area contributed by atoms with Gasteiger partial charge in [0.1, 0.15) is 4.64 Å². The first-order valence-corrected chi connectivity index (χ1v) is 6.48. The molecule has 0 saturated heterocycles. The third-order valence-electron chi connectivity index (χ3n) is 3.47. The van der Waals surface area contributed by atoms with E-state index in [4.69, 9.17) is 12.2 Å². The fourth-order valence-electron chi connectivity index (χ4n) is 2.20. The van der Waals surface area contributed by atoms with Crippen LogP contribution in [0, 0.1) is 18.5 Å². The molecule has 1 aromatic carbocycles. The summed E-state index contributed by atoms with van der Waals surface area (Å²) in [5, 5.41) is 9.58. The van der Waals surface area contributed by atoms with E-state index in [1.54, 1.807) is 6.20 Å². The molecule has 3 nitrogen and oxygen atoms in total. The van der Waals surface area contributed by atoms with Crippen LogP contribution < -0.4 is 0 Å². The third kappa shape index (κ3) is 1.94. The second-order valence-corrected chi connectivity index (χ2v) is 4.96. The normalized spacial score (nSPS) is 10.8. The summed E-state index contributed by atoms with van der Waals surface area (Å²) < 4.78 is 0.694. The molecule has 94 valence electrons. The summed E-state index contributed by atoms with van der Waals surface area (Å²) in [6.07, 6.45) is 3.68. The van der Waals surface area contributed by atoms with E-state index in [1.165, 1.54) is 0 Å². The Balaban J connectivity index is 2.37. The molecular formula is C15H13N3S. The first-order chi connectivity index (χ1) is 9.18. The number of hydrogen-bond donors (Lipinski definition) is 1. The minimum Gasteiger partial charge on any atom is -0.267 e. The lowest BCUT2D eigenvalue weighted by molar-refractivity contribution is 0.988. The number of hydrogen-bond acceptors (Lipinski definition) is 3. The molecule has 2 aromatic heterocycles. The number of pyridine rings is 1. The fourth-order valence-corrected chi connectivity index (χ4v) is 2.40. The second-order valence-electron chi connectivity index (χ2n) is 4.55. The van der Waals surface area contributed by atoms with Crippen molar-refractivity contribution in [3.63, 3.8) is 0 Å². The highest BCUT2D eigenvalue weighted by Crippen LogP contribution is 2.29. The molecule has 0 saturated carbocycles. The molecule has 1 N–H and O–H groups in total. The molecular weight excluding hydrogens is 254 g/mol. The van der Waals surface area contributed by atoms with Gasteiger partial charge in [0, 0.05) is 23.3 Å². The molecule has 0 aliphatic heterocycles. The Hall–Kier alpha value is -2.07. The lowest BCUT2D eigenvalue weighted by atomic mass is 10.00. The van der Waals surface area contributed by atoms with Gasteiger partial charge in [-0.3, -0.25) is 10.1 Å². The SMILES string of the molecule is Cc1c(-c2cccc3ccncc23)n[nH]c(=S)c1C. The molecule has 0 spiro atoms. The summed E-state index contributed by atoms with van der Waals surface area (Å²) in [5.74, 6) is 0. The molecule has 3 rings (SSSR count). The van der Waals surface area contributed by atoms with Crippen molar-refractivity contribution in [2.24, 2.45) is 0 Å². The van der Waals surface area contributed by atoms with E-state index in [2.05, 4.69) is 34.2 Å². The van der Waals surface area contributed by atoms with Gasteiger partial charge in [0.25, 0.3) is 0 Å². The average molecular weight is 267 g/mol. The highest BCUT2D eigenvalue weighted by atomic mass is 32.1. The van der Waals surface area contributed by atoms with Crippen molar-refractivity contribution in [3.8, 4) is 11.3 Å². The first-order valence-electron chi connectivity index (χ1n) is 6.07. The Kier molecular flexibility index (Phi) is 2.87. The summed E-state index contributed by atoms with van der Waals surface area (Å²) in [4.78, 5) is 4.21. The Morgan fingerprint density at radius 1 is 1.11 bits per heavy atom. The molecule has 0 radical (unpaired) electrons. The zero-order valence-corrected chi connectivity index (χ0v) is 11.6. The number of rotatable bonds is 1. The number of nitrogens with zero attached hydrogens (tertiary/aromatic N) is 2. The van der Waals surface area contributed by atoms with Gasteiger partial charge in [-0.25, -0.2) is 0 Å². The van der Waals surface area contributed by atoms with Gasteiger partial charge in [-0.05, 0) is 36.4 Å². The summed E-state index contributed by atoms with van der Waals surface area (Å²) in [6.45, 7) is 4.07. The number of H-pyrrole nitrogens is 1. The predicted octanol–water partition coefficient (Wildman–Crippen LogP) is 3.97. The van der Waals surface area contributed by atoms with Crippen LogP contribution in [0.15, 0.2) is 36.7 Å². The minimum absolute atomic E-state index is 0.694. The Labute approximate surface area is 116 Å². The lowest BCUT2D eigenvalue weighted by Crippen LogP contribution is -1.97. The van der Waals surface area contributed by atoms with Gasteiger partial charge < -0.3 is 0 Å². The molecule has 3 aromatic rings. The molecule has 0 amide bonds. The van der Waals surface area contributed by atoms with Crippen molar-refractivity contribution in [1.29, 1.82) is 0 Å². The smallest absolute Gasteiger partial charge is 0.122 e. The van der Waals surface area contributed by atoms with Crippen molar-refractivity contribution >= 4 is 23.0 Å². The molecule has 0 atom stereocenters. The summed E-state index contributed by atoms with van der Waals surface area (Å²) in [6, 6.07) is 8.19. The Morgan fingerprint density at radius 2 is 1.95 bits per heavy atom. The minimum atomic E-state index is 0.694. The molecule has 0 aliphatic carbocycles. The van der Waals surface area contributed by atoms with Gasteiger partial charge in [0.05, 0.1) is 5.69 Å². The monoisotopic (exact) mass is 267 g/mol. The molecule has 0 bridgehead atoms. The average Bonchev–Trinajstić information content (AvgIpc) is 2.45. The fraction of sp³-hybridized carbons (Fsp3) is 0.133. The van der Waals surface area contributed by atoms with Crippen LogP contribution in [-0.2, 0) is 0 Å². The number of aromatic amines is 1. The van der Waals surface area contributed by atoms with E-state index < -0.39 is 0 Å². The third-order valence-corrected chi connectivity index (χ3v) is 3.86. The Morgan fingerprint density at radius 3 is 2.79 bits per heavy atom. The predicted molar refractivity (Wildman–Crippen MR) is 79.6 cm³/mol. The van der Waals surface area contributed by atoms with Crippen molar-refractivity contribution in [2.75, 3.05) is 0 Å². The molecule has 4 heteroatoms. The quantitative estimate of drug-likeness (QED) is 0.678. The largest absolute Gasteiger partial charge is 0.267 e. The molecule has 19 heavy (non-hydrogen) atoms. The maximum absolute atomic E-state index is 5.22. The van der Waals surface area contributed by atoms with E-state index in [-0.39, 0.29) is 0 Å². The maximum Gasteiger partial charge on any atom is 0.122 e. The van der Waals surface area contributed by atoms with E-state index in [0.717, 1.165) is 33.2 Å². The van der Waals surface area contributed by atoms with E-state index in [0.29, 0.717) is 4.64 Å². The van der Waals surface area contributed by atoms with Crippen LogP contribution in [0.25, 0.3) is 22.0 Å². The number of benzene rings is 1. The van der Waals surface area contributed by atoms with Crippen molar-refractivity contribution in [1.82, 2.24) is 15.2 Å². The Bertz CT molecular complexity index is 816. The molecule has 2 heterocycles. The van der Waals surface area contributed by atoms with Crippen LogP contribution >= 0.6 is 12.2 Å². The van der Waals surface area contributed by atoms with E-state index in [1.807, 2.05) is 25.3 Å². The number of nitrogens with one attached hydrogen (secondary N) is 1. The maximum atomic E-state index is 5.22. The summed E-state index contributed by atoms with van der Waals surface area (Å²) in [7, 11) is 0. The summed E-state index contributed by atoms with van der Waals surface area (Å²) in [5.41, 5.74) is 4.20. The van der Waals surface area contributed by atoms with Crippen LogP contribution in [-0.4, -0.2) is 15.2 Å². The van der Waals surface area contributed by atoms with Crippen LogP contribution in [0.1, 0.15) is 11.1 Å². The van der Waals surface area contributed by atoms with Crippen LogP contribution in [0.4, 0.5) is 0 Å². The van der Waals surface area contributed by atoms with Gasteiger partial charge in [0.15, 0.2) is 0 Å². The van der Waals surface area contributed by atoms with Crippen molar-refractivity contribution in [2.45, 2.75) is 13.8 Å². The standard InChI is InChI=1S/C15H13N3S/c1-9-10(2)15(19)18-17-14(9)12-5-3-4-11-6-7-16-8-13(11)12/h3-8H,1-2H3,(H,18,19). The summed E-state index contributed by atoms with van der Waals surface area (Å²) >= 11 is 5.22. The molecule has 0 unspecified atom stereocenters. The number of fused-ring (bicyclic) bond motifs is 1. The van der Waals surface area contributed by atoms with Gasteiger partial charge >= 0.3 is 0 Å². The van der Waals surface area contributed by atoms with Crippen LogP contribution in [0.2, 0.25) is 0 Å². The second kappa shape index (κ2) is 4.55. The molecule has 0 fully saturated rings. The van der Waals surface area contributed by atoms with Gasteiger partial charge in [-0.1, -0.05) is 30.4 Å². The molecule has 0 aliphatic rings. The van der Waals surface area contributed by atoms with Gasteiger partial charge in [-0.2, -0.15) is 5.10 Å². The lowest BCUT2D eigenvalue weighted by Gasteiger charge is -2.10.